The summed E-state index contributed by atoms with van der Waals surface area (Å²) in [7, 11) is 0. The summed E-state index contributed by atoms with van der Waals surface area (Å²) in [5.41, 5.74) is 1.69. The third-order valence-electron chi connectivity index (χ3n) is 4.17. The highest BCUT2D eigenvalue weighted by atomic mass is 19.1. The molecule has 1 fully saturated rings. The number of carbonyl (C=O) groups is 1. The predicted octanol–water partition coefficient (Wildman–Crippen LogP) is 2.23. The highest BCUT2D eigenvalue weighted by Gasteiger charge is 2.23. The number of hydrogen-bond donors (Lipinski definition) is 1. The maximum absolute atomic E-state index is 13.4. The molecule has 7 nitrogen and oxygen atoms in total. The highest BCUT2D eigenvalue weighted by molar-refractivity contribution is 6.02. The highest BCUT2D eigenvalue weighted by Crippen LogP contribution is 2.21. The maximum atomic E-state index is 13.4. The van der Waals surface area contributed by atoms with E-state index in [-0.39, 0.29) is 5.91 Å². The van der Waals surface area contributed by atoms with Gasteiger partial charge in [0.2, 0.25) is 0 Å². The number of aromatic nitrogens is 4. The summed E-state index contributed by atoms with van der Waals surface area (Å²) in [6.07, 6.45) is 1.22. The van der Waals surface area contributed by atoms with E-state index in [2.05, 4.69) is 20.4 Å². The average Bonchev–Trinajstić information content (AvgIpc) is 3.21. The van der Waals surface area contributed by atoms with Crippen LogP contribution in [0.5, 0.6) is 0 Å². The second-order valence-electron chi connectivity index (χ2n) is 6.06. The van der Waals surface area contributed by atoms with Crippen LogP contribution in [0.15, 0.2) is 36.5 Å². The normalized spacial score (nSPS) is 17.2. The third kappa shape index (κ3) is 3.02. The fourth-order valence-corrected chi connectivity index (χ4v) is 2.89. The molecule has 3 aromatic heterocycles. The number of pyridine rings is 1. The van der Waals surface area contributed by atoms with Crippen LogP contribution >= 0.6 is 0 Å². The number of hydrogen-bond acceptors (Lipinski definition) is 5. The van der Waals surface area contributed by atoms with Gasteiger partial charge < -0.3 is 10.2 Å². The van der Waals surface area contributed by atoms with Crippen molar-refractivity contribution < 1.29 is 9.18 Å². The van der Waals surface area contributed by atoms with E-state index in [0.29, 0.717) is 42.5 Å². The second kappa shape index (κ2) is 6.12. The molecule has 0 bridgehead atoms. The molecule has 128 valence electrons. The molecule has 1 N–H and O–H groups in total. The lowest BCUT2D eigenvalue weighted by atomic mass is 10.3. The molecular weight excluding hydrogens is 323 g/mol. The Morgan fingerprint density at radius 2 is 2.20 bits per heavy atom. The van der Waals surface area contributed by atoms with Gasteiger partial charge in [0, 0.05) is 12.2 Å². The molecule has 0 spiro atoms. The van der Waals surface area contributed by atoms with Crippen molar-refractivity contribution in [3.05, 3.63) is 47.9 Å². The Morgan fingerprint density at radius 3 is 2.96 bits per heavy atom. The Hall–Kier alpha value is -3.03. The van der Waals surface area contributed by atoms with Gasteiger partial charge in [-0.15, -0.1) is 5.10 Å². The van der Waals surface area contributed by atoms with Gasteiger partial charge in [-0.3, -0.25) is 4.79 Å². The largest absolute Gasteiger partial charge is 0.352 e. The van der Waals surface area contributed by atoms with Crippen molar-refractivity contribution in [2.24, 2.45) is 0 Å². The summed E-state index contributed by atoms with van der Waals surface area (Å²) in [6, 6.07) is 8.87. The van der Waals surface area contributed by atoms with E-state index in [1.165, 1.54) is 0 Å². The number of rotatable bonds is 3. The molecule has 1 atom stereocenters. The van der Waals surface area contributed by atoms with E-state index >= 15 is 0 Å². The molecule has 1 aliphatic rings. The topological polar surface area (TPSA) is 75.4 Å². The zero-order chi connectivity index (χ0) is 17.4. The summed E-state index contributed by atoms with van der Waals surface area (Å²) < 4.78 is 15.0. The number of aryl methyl sites for hydroxylation is 1. The fourth-order valence-electron chi connectivity index (χ4n) is 2.89. The number of amides is 1. The number of nitrogens with zero attached hydrogens (tertiary/aromatic N) is 5. The molecule has 1 amide bonds. The smallest absolute Gasteiger partial charge is 0.275 e. The quantitative estimate of drug-likeness (QED) is 0.791. The molecule has 1 saturated heterocycles. The second-order valence-corrected chi connectivity index (χ2v) is 6.06. The molecule has 0 saturated carbocycles. The Balaban J connectivity index is 1.62. The molecular formula is C17H17FN6O. The van der Waals surface area contributed by atoms with Gasteiger partial charge in [-0.25, -0.2) is 14.4 Å². The summed E-state index contributed by atoms with van der Waals surface area (Å²) in [4.78, 5) is 22.7. The van der Waals surface area contributed by atoms with E-state index in [4.69, 9.17) is 0 Å². The Labute approximate surface area is 143 Å². The molecule has 0 aliphatic carbocycles. The van der Waals surface area contributed by atoms with Gasteiger partial charge in [0.05, 0.1) is 12.7 Å². The van der Waals surface area contributed by atoms with Crippen LogP contribution in [0, 0.1) is 6.92 Å². The first-order valence-corrected chi connectivity index (χ1v) is 8.09. The minimum Gasteiger partial charge on any atom is -0.352 e. The molecule has 3 aromatic rings. The first-order valence-electron chi connectivity index (χ1n) is 8.09. The molecule has 1 aliphatic heterocycles. The summed E-state index contributed by atoms with van der Waals surface area (Å²) in [6.45, 7) is 2.79. The van der Waals surface area contributed by atoms with E-state index in [1.807, 2.05) is 24.0 Å². The number of carbonyl (C=O) groups excluding carboxylic acids is 1. The van der Waals surface area contributed by atoms with Gasteiger partial charge in [-0.2, -0.15) is 4.52 Å². The van der Waals surface area contributed by atoms with Crippen molar-refractivity contribution in [3.63, 3.8) is 0 Å². The van der Waals surface area contributed by atoms with Gasteiger partial charge in [0.15, 0.2) is 11.5 Å². The Kier molecular flexibility index (Phi) is 3.79. The lowest BCUT2D eigenvalue weighted by Gasteiger charge is -2.16. The van der Waals surface area contributed by atoms with Gasteiger partial charge in [0.25, 0.3) is 5.91 Å². The number of alkyl halides is 1. The molecule has 4 rings (SSSR count). The number of halogens is 1. The minimum absolute atomic E-state index is 0.325. The number of imidazole rings is 1. The lowest BCUT2D eigenvalue weighted by molar-refractivity contribution is 0.102. The van der Waals surface area contributed by atoms with Gasteiger partial charge >= 0.3 is 0 Å². The number of anilines is 2. The summed E-state index contributed by atoms with van der Waals surface area (Å²) >= 11 is 0. The monoisotopic (exact) mass is 340 g/mol. The van der Waals surface area contributed by atoms with Gasteiger partial charge in [-0.05, 0) is 37.6 Å². The van der Waals surface area contributed by atoms with Crippen LogP contribution in [0.1, 0.15) is 22.6 Å². The van der Waals surface area contributed by atoms with Crippen LogP contribution in [0.25, 0.3) is 5.65 Å². The Bertz CT molecular complexity index is 940. The van der Waals surface area contributed by atoms with Crippen molar-refractivity contribution in [2.75, 3.05) is 23.3 Å². The lowest BCUT2D eigenvalue weighted by Crippen LogP contribution is -2.22. The van der Waals surface area contributed by atoms with Crippen molar-refractivity contribution in [1.29, 1.82) is 0 Å². The van der Waals surface area contributed by atoms with Crippen LogP contribution in [0.4, 0.5) is 16.0 Å². The molecule has 0 aromatic carbocycles. The van der Waals surface area contributed by atoms with E-state index in [0.717, 1.165) is 5.69 Å². The first-order chi connectivity index (χ1) is 12.1. The first kappa shape index (κ1) is 15.5. The zero-order valence-corrected chi connectivity index (χ0v) is 13.7. The molecule has 25 heavy (non-hydrogen) atoms. The Morgan fingerprint density at radius 1 is 1.32 bits per heavy atom. The van der Waals surface area contributed by atoms with Crippen LogP contribution < -0.4 is 10.2 Å². The number of nitrogens with one attached hydrogen (secondary N) is 1. The van der Waals surface area contributed by atoms with Crippen LogP contribution in [0.3, 0.4) is 0 Å². The summed E-state index contributed by atoms with van der Waals surface area (Å²) in [5, 5.41) is 7.27. The maximum Gasteiger partial charge on any atom is 0.275 e. The van der Waals surface area contributed by atoms with Gasteiger partial charge in [-0.1, -0.05) is 6.07 Å². The van der Waals surface area contributed by atoms with Crippen LogP contribution in [-0.2, 0) is 0 Å². The molecule has 0 radical (unpaired) electrons. The minimum atomic E-state index is -0.827. The van der Waals surface area contributed by atoms with Crippen molar-refractivity contribution in [2.45, 2.75) is 19.5 Å². The SMILES string of the molecule is Cc1cccc(C(=O)Nc2cnc3ccc(N4CCC(F)C4)nn23)n1. The van der Waals surface area contributed by atoms with E-state index in [1.54, 1.807) is 28.9 Å². The van der Waals surface area contributed by atoms with E-state index < -0.39 is 6.17 Å². The predicted molar refractivity (Wildman–Crippen MR) is 91.6 cm³/mol. The van der Waals surface area contributed by atoms with Gasteiger partial charge in [0.1, 0.15) is 17.7 Å². The molecule has 1 unspecified atom stereocenters. The third-order valence-corrected chi connectivity index (χ3v) is 4.17. The summed E-state index contributed by atoms with van der Waals surface area (Å²) in [5.74, 6) is 0.777. The van der Waals surface area contributed by atoms with Crippen LogP contribution in [0.2, 0.25) is 0 Å². The van der Waals surface area contributed by atoms with E-state index in [9.17, 15) is 9.18 Å². The average molecular weight is 340 g/mol. The van der Waals surface area contributed by atoms with Crippen LogP contribution in [-0.4, -0.2) is 44.8 Å². The molecule has 4 heterocycles. The standard InChI is InChI=1S/C17H17FN6O/c1-11-3-2-4-13(20-11)17(25)21-16-9-19-14-5-6-15(22-24(14)16)23-8-7-12(18)10-23/h2-6,9,12H,7-8,10H2,1H3,(H,21,25). The zero-order valence-electron chi connectivity index (χ0n) is 13.7. The van der Waals surface area contributed by atoms with Crippen molar-refractivity contribution in [1.82, 2.24) is 19.6 Å². The number of fused-ring (bicyclic) bond motifs is 1. The van der Waals surface area contributed by atoms with Crippen molar-refractivity contribution in [3.8, 4) is 0 Å². The van der Waals surface area contributed by atoms with Crippen molar-refractivity contribution >= 4 is 23.2 Å². The molecule has 8 heteroatoms. The fraction of sp³-hybridized carbons (Fsp3) is 0.294.